The summed E-state index contributed by atoms with van der Waals surface area (Å²) in [6.45, 7) is 4.57. The van der Waals surface area contributed by atoms with E-state index in [1.165, 1.54) is 0 Å². The van der Waals surface area contributed by atoms with Crippen molar-refractivity contribution >= 4 is 6.29 Å². The van der Waals surface area contributed by atoms with Crippen LogP contribution in [0.2, 0.25) is 0 Å². The Labute approximate surface area is 101 Å². The summed E-state index contributed by atoms with van der Waals surface area (Å²) in [6.07, 6.45) is 1.66. The van der Waals surface area contributed by atoms with Crippen LogP contribution < -0.4 is 9.47 Å². The van der Waals surface area contributed by atoms with E-state index < -0.39 is 0 Å². The molecule has 1 aromatic carbocycles. The van der Waals surface area contributed by atoms with Crippen LogP contribution in [0.5, 0.6) is 11.5 Å². The van der Waals surface area contributed by atoms with Crippen LogP contribution in [0.4, 0.5) is 0 Å². The summed E-state index contributed by atoms with van der Waals surface area (Å²) in [7, 11) is 0. The molecule has 1 rings (SSSR count). The van der Waals surface area contributed by atoms with Crippen LogP contribution in [0.1, 0.15) is 29.3 Å². The molecule has 17 heavy (non-hydrogen) atoms. The molecule has 94 valence electrons. The van der Waals surface area contributed by atoms with Gasteiger partial charge >= 0.3 is 0 Å². The highest BCUT2D eigenvalue weighted by atomic mass is 16.5. The van der Waals surface area contributed by atoms with Gasteiger partial charge in [0.1, 0.15) is 18.1 Å². The van der Waals surface area contributed by atoms with Gasteiger partial charge in [0.15, 0.2) is 6.29 Å². The molecule has 0 bridgehead atoms. The van der Waals surface area contributed by atoms with Crippen LogP contribution in [0.25, 0.3) is 0 Å². The maximum atomic E-state index is 10.9. The molecule has 0 saturated carbocycles. The smallest absolute Gasteiger partial charge is 0.153 e. The SMILES string of the molecule is CCCOc1ccc(C=O)c(OCCO)c1C. The van der Waals surface area contributed by atoms with Crippen LogP contribution in [0, 0.1) is 6.92 Å². The summed E-state index contributed by atoms with van der Waals surface area (Å²) in [5.41, 5.74) is 1.26. The van der Waals surface area contributed by atoms with Gasteiger partial charge in [0.05, 0.1) is 18.8 Å². The van der Waals surface area contributed by atoms with Gasteiger partial charge in [-0.25, -0.2) is 0 Å². The van der Waals surface area contributed by atoms with Gasteiger partial charge in [-0.1, -0.05) is 6.92 Å². The number of rotatable bonds is 7. The lowest BCUT2D eigenvalue weighted by atomic mass is 10.1. The van der Waals surface area contributed by atoms with E-state index in [0.29, 0.717) is 23.7 Å². The fraction of sp³-hybridized carbons (Fsp3) is 0.462. The van der Waals surface area contributed by atoms with Crippen molar-refractivity contribution in [2.45, 2.75) is 20.3 Å². The monoisotopic (exact) mass is 238 g/mol. The molecule has 0 spiro atoms. The Bertz CT molecular complexity index is 374. The Balaban J connectivity index is 2.99. The summed E-state index contributed by atoms with van der Waals surface area (Å²) in [5, 5.41) is 8.75. The maximum Gasteiger partial charge on any atom is 0.153 e. The van der Waals surface area contributed by atoms with E-state index >= 15 is 0 Å². The minimum absolute atomic E-state index is 0.0855. The zero-order valence-corrected chi connectivity index (χ0v) is 10.2. The van der Waals surface area contributed by atoms with Crippen LogP contribution in [0.15, 0.2) is 12.1 Å². The quantitative estimate of drug-likeness (QED) is 0.738. The highest BCUT2D eigenvalue weighted by molar-refractivity contribution is 5.81. The van der Waals surface area contributed by atoms with E-state index in [-0.39, 0.29) is 13.2 Å². The normalized spacial score (nSPS) is 10.1. The Kier molecular flexibility index (Phi) is 5.49. The lowest BCUT2D eigenvalue weighted by Gasteiger charge is -2.14. The minimum Gasteiger partial charge on any atom is -0.493 e. The second-order valence-corrected chi connectivity index (χ2v) is 3.65. The van der Waals surface area contributed by atoms with Crippen molar-refractivity contribution in [2.75, 3.05) is 19.8 Å². The second kappa shape index (κ2) is 6.91. The summed E-state index contributed by atoms with van der Waals surface area (Å²) in [5.74, 6) is 1.20. The molecule has 1 aromatic rings. The Morgan fingerprint density at radius 3 is 2.65 bits per heavy atom. The van der Waals surface area contributed by atoms with Crippen LogP contribution in [-0.2, 0) is 0 Å². The number of aldehydes is 1. The molecule has 0 aliphatic heterocycles. The molecule has 0 fully saturated rings. The first-order chi connectivity index (χ1) is 8.24. The third-order valence-electron chi connectivity index (χ3n) is 2.31. The lowest BCUT2D eigenvalue weighted by molar-refractivity contribution is 0.111. The van der Waals surface area contributed by atoms with Crippen molar-refractivity contribution in [1.29, 1.82) is 0 Å². The van der Waals surface area contributed by atoms with E-state index in [0.717, 1.165) is 18.3 Å². The minimum atomic E-state index is -0.0855. The number of carbonyl (C=O) groups is 1. The Morgan fingerprint density at radius 1 is 1.29 bits per heavy atom. The molecule has 0 radical (unpaired) electrons. The largest absolute Gasteiger partial charge is 0.493 e. The van der Waals surface area contributed by atoms with Gasteiger partial charge < -0.3 is 14.6 Å². The van der Waals surface area contributed by atoms with E-state index in [9.17, 15) is 4.79 Å². The molecule has 4 heteroatoms. The van der Waals surface area contributed by atoms with Crippen LogP contribution in [-0.4, -0.2) is 31.2 Å². The fourth-order valence-electron chi connectivity index (χ4n) is 1.50. The van der Waals surface area contributed by atoms with Gasteiger partial charge in [-0.2, -0.15) is 0 Å². The summed E-state index contributed by atoms with van der Waals surface area (Å²) < 4.78 is 10.9. The van der Waals surface area contributed by atoms with Crippen LogP contribution in [0.3, 0.4) is 0 Å². The van der Waals surface area contributed by atoms with E-state index in [1.54, 1.807) is 12.1 Å². The van der Waals surface area contributed by atoms with Crippen molar-refractivity contribution in [3.63, 3.8) is 0 Å². The van der Waals surface area contributed by atoms with Crippen molar-refractivity contribution in [3.8, 4) is 11.5 Å². The highest BCUT2D eigenvalue weighted by Crippen LogP contribution is 2.30. The Hall–Kier alpha value is -1.55. The average Bonchev–Trinajstić information content (AvgIpc) is 2.35. The van der Waals surface area contributed by atoms with Gasteiger partial charge in [0, 0.05) is 5.56 Å². The van der Waals surface area contributed by atoms with E-state index in [1.807, 2.05) is 13.8 Å². The van der Waals surface area contributed by atoms with Crippen molar-refractivity contribution in [1.82, 2.24) is 0 Å². The number of benzene rings is 1. The van der Waals surface area contributed by atoms with Crippen molar-refractivity contribution in [2.24, 2.45) is 0 Å². The molecular weight excluding hydrogens is 220 g/mol. The lowest BCUT2D eigenvalue weighted by Crippen LogP contribution is -2.06. The first kappa shape index (κ1) is 13.5. The topological polar surface area (TPSA) is 55.8 Å². The molecule has 0 saturated heterocycles. The zero-order valence-electron chi connectivity index (χ0n) is 10.2. The average molecular weight is 238 g/mol. The second-order valence-electron chi connectivity index (χ2n) is 3.65. The van der Waals surface area contributed by atoms with Gasteiger partial charge in [0.2, 0.25) is 0 Å². The fourth-order valence-corrected chi connectivity index (χ4v) is 1.50. The van der Waals surface area contributed by atoms with Gasteiger partial charge in [-0.15, -0.1) is 0 Å². The molecule has 0 aliphatic carbocycles. The molecule has 0 aromatic heterocycles. The molecule has 0 aliphatic rings. The van der Waals surface area contributed by atoms with Crippen molar-refractivity contribution < 1.29 is 19.4 Å². The summed E-state index contributed by atoms with van der Waals surface area (Å²) in [4.78, 5) is 10.9. The maximum absolute atomic E-state index is 10.9. The van der Waals surface area contributed by atoms with Gasteiger partial charge in [-0.05, 0) is 25.5 Å². The molecule has 0 atom stereocenters. The first-order valence-corrected chi connectivity index (χ1v) is 5.69. The summed E-state index contributed by atoms with van der Waals surface area (Å²) >= 11 is 0. The van der Waals surface area contributed by atoms with Gasteiger partial charge in [-0.3, -0.25) is 4.79 Å². The number of carbonyl (C=O) groups excluding carboxylic acids is 1. The number of aliphatic hydroxyl groups is 1. The van der Waals surface area contributed by atoms with E-state index in [4.69, 9.17) is 14.6 Å². The summed E-state index contributed by atoms with van der Waals surface area (Å²) in [6, 6.07) is 3.43. The standard InChI is InChI=1S/C13H18O4/c1-3-7-16-12-5-4-11(9-15)13(10(12)2)17-8-6-14/h4-5,9,14H,3,6-8H2,1-2H3. The first-order valence-electron chi connectivity index (χ1n) is 5.69. The van der Waals surface area contributed by atoms with E-state index in [2.05, 4.69) is 0 Å². The van der Waals surface area contributed by atoms with Crippen molar-refractivity contribution in [3.05, 3.63) is 23.3 Å². The number of ether oxygens (including phenoxy) is 2. The molecule has 0 unspecified atom stereocenters. The molecule has 4 nitrogen and oxygen atoms in total. The van der Waals surface area contributed by atoms with Crippen LogP contribution >= 0.6 is 0 Å². The third kappa shape index (κ3) is 3.46. The highest BCUT2D eigenvalue weighted by Gasteiger charge is 2.11. The number of aliphatic hydroxyl groups excluding tert-OH is 1. The molecule has 1 N–H and O–H groups in total. The number of hydrogen-bond acceptors (Lipinski definition) is 4. The number of hydrogen-bond donors (Lipinski definition) is 1. The molecule has 0 amide bonds. The zero-order chi connectivity index (χ0) is 12.7. The predicted molar refractivity (Wildman–Crippen MR) is 64.9 cm³/mol. The Morgan fingerprint density at radius 2 is 2.06 bits per heavy atom. The third-order valence-corrected chi connectivity index (χ3v) is 2.31. The van der Waals surface area contributed by atoms with Gasteiger partial charge in [0.25, 0.3) is 0 Å². The molecule has 0 heterocycles. The predicted octanol–water partition coefficient (Wildman–Crippen LogP) is 1.97. The molecular formula is C13H18O4.